The van der Waals surface area contributed by atoms with Gasteiger partial charge in [-0.25, -0.2) is 4.79 Å². The van der Waals surface area contributed by atoms with Crippen LogP contribution in [0.4, 0.5) is 10.5 Å². The number of hydrogen-bond acceptors (Lipinski definition) is 2. The monoisotopic (exact) mass is 247 g/mol. The maximum Gasteiger partial charge on any atom is 0.319 e. The van der Waals surface area contributed by atoms with Gasteiger partial charge < -0.3 is 16.0 Å². The number of carbonyl (C=O) groups excluding carboxylic acids is 2. The van der Waals surface area contributed by atoms with Gasteiger partial charge in [0.15, 0.2) is 0 Å². The minimum atomic E-state index is -0.213. The minimum Gasteiger partial charge on any atom is -0.355 e. The van der Waals surface area contributed by atoms with Gasteiger partial charge in [0.1, 0.15) is 0 Å². The van der Waals surface area contributed by atoms with Crippen LogP contribution < -0.4 is 16.0 Å². The molecule has 0 aliphatic heterocycles. The zero-order valence-electron chi connectivity index (χ0n) is 10.5. The normalized spacial score (nSPS) is 13.9. The molecule has 0 bridgehead atoms. The molecule has 0 radical (unpaired) electrons. The second kappa shape index (κ2) is 5.08. The highest BCUT2D eigenvalue weighted by atomic mass is 16.2. The fourth-order valence-corrected chi connectivity index (χ4v) is 1.72. The Kier molecular flexibility index (Phi) is 3.50. The molecule has 1 aliphatic rings. The maximum atomic E-state index is 11.6. The van der Waals surface area contributed by atoms with E-state index in [1.165, 1.54) is 0 Å². The third kappa shape index (κ3) is 2.80. The van der Waals surface area contributed by atoms with E-state index in [4.69, 9.17) is 0 Å². The molecule has 3 N–H and O–H groups in total. The zero-order chi connectivity index (χ0) is 13.1. The number of nitrogens with one attached hydrogen (secondary N) is 3. The molecule has 1 saturated carbocycles. The van der Waals surface area contributed by atoms with E-state index < -0.39 is 0 Å². The molecule has 18 heavy (non-hydrogen) atoms. The van der Waals surface area contributed by atoms with Gasteiger partial charge in [-0.05, 0) is 37.5 Å². The van der Waals surface area contributed by atoms with E-state index in [0.29, 0.717) is 17.3 Å². The molecule has 1 aromatic rings. The van der Waals surface area contributed by atoms with Crippen LogP contribution in [0.25, 0.3) is 0 Å². The lowest BCUT2D eigenvalue weighted by Crippen LogP contribution is -2.31. The van der Waals surface area contributed by atoms with E-state index in [1.807, 2.05) is 6.92 Å². The standard InChI is InChI=1S/C13H17N3O2/c1-8-10(12(17)14-2)4-3-5-11(8)16-13(18)15-9-6-7-9/h3-5,9H,6-7H2,1-2H3,(H,14,17)(H2,15,16,18). The first-order valence-corrected chi connectivity index (χ1v) is 6.01. The summed E-state index contributed by atoms with van der Waals surface area (Å²) in [5.74, 6) is -0.154. The van der Waals surface area contributed by atoms with Gasteiger partial charge in [-0.1, -0.05) is 6.07 Å². The SMILES string of the molecule is CNC(=O)c1cccc(NC(=O)NC2CC2)c1C. The van der Waals surface area contributed by atoms with Gasteiger partial charge in [-0.3, -0.25) is 4.79 Å². The quantitative estimate of drug-likeness (QED) is 0.760. The van der Waals surface area contributed by atoms with Crippen LogP contribution in [-0.2, 0) is 0 Å². The van der Waals surface area contributed by atoms with Crippen molar-refractivity contribution in [2.45, 2.75) is 25.8 Å². The van der Waals surface area contributed by atoms with Crippen LogP contribution in [0.15, 0.2) is 18.2 Å². The van der Waals surface area contributed by atoms with Crippen molar-refractivity contribution in [3.8, 4) is 0 Å². The van der Waals surface area contributed by atoms with E-state index in [9.17, 15) is 9.59 Å². The molecule has 0 unspecified atom stereocenters. The number of urea groups is 1. The number of carbonyl (C=O) groups is 2. The fourth-order valence-electron chi connectivity index (χ4n) is 1.72. The van der Waals surface area contributed by atoms with Crippen LogP contribution in [0.3, 0.4) is 0 Å². The third-order valence-electron chi connectivity index (χ3n) is 2.97. The second-order valence-corrected chi connectivity index (χ2v) is 4.43. The Balaban J connectivity index is 2.12. The van der Waals surface area contributed by atoms with E-state index >= 15 is 0 Å². The average molecular weight is 247 g/mol. The summed E-state index contributed by atoms with van der Waals surface area (Å²) in [6.07, 6.45) is 2.09. The molecular weight excluding hydrogens is 230 g/mol. The minimum absolute atomic E-state index is 0.154. The average Bonchev–Trinajstić information content (AvgIpc) is 3.14. The first-order chi connectivity index (χ1) is 8.61. The number of rotatable bonds is 3. The molecule has 1 aliphatic carbocycles. The number of benzene rings is 1. The molecule has 0 spiro atoms. The van der Waals surface area contributed by atoms with Crippen molar-refractivity contribution >= 4 is 17.6 Å². The number of anilines is 1. The lowest BCUT2D eigenvalue weighted by molar-refractivity contribution is 0.0962. The van der Waals surface area contributed by atoms with Gasteiger partial charge >= 0.3 is 6.03 Å². The fraction of sp³-hybridized carbons (Fsp3) is 0.385. The number of amides is 3. The van der Waals surface area contributed by atoms with Crippen LogP contribution in [0.5, 0.6) is 0 Å². The highest BCUT2D eigenvalue weighted by Gasteiger charge is 2.23. The van der Waals surface area contributed by atoms with Crippen LogP contribution >= 0.6 is 0 Å². The van der Waals surface area contributed by atoms with Crippen molar-refractivity contribution in [3.05, 3.63) is 29.3 Å². The Labute approximate surface area is 106 Å². The lowest BCUT2D eigenvalue weighted by atomic mass is 10.1. The van der Waals surface area contributed by atoms with Crippen molar-refractivity contribution in [2.24, 2.45) is 0 Å². The Bertz CT molecular complexity index is 481. The van der Waals surface area contributed by atoms with Gasteiger partial charge in [-0.15, -0.1) is 0 Å². The van der Waals surface area contributed by atoms with Gasteiger partial charge in [0.05, 0.1) is 0 Å². The molecule has 5 nitrogen and oxygen atoms in total. The molecule has 5 heteroatoms. The third-order valence-corrected chi connectivity index (χ3v) is 2.97. The topological polar surface area (TPSA) is 70.2 Å². The van der Waals surface area contributed by atoms with Crippen molar-refractivity contribution in [2.75, 3.05) is 12.4 Å². The Morgan fingerprint density at radius 2 is 2.00 bits per heavy atom. The van der Waals surface area contributed by atoms with Crippen LogP contribution in [0.1, 0.15) is 28.8 Å². The lowest BCUT2D eigenvalue weighted by Gasteiger charge is -2.12. The Morgan fingerprint density at radius 3 is 2.61 bits per heavy atom. The van der Waals surface area contributed by atoms with Gasteiger partial charge in [0, 0.05) is 24.3 Å². The van der Waals surface area contributed by atoms with Gasteiger partial charge in [-0.2, -0.15) is 0 Å². The van der Waals surface area contributed by atoms with Crippen LogP contribution in [0.2, 0.25) is 0 Å². The van der Waals surface area contributed by atoms with Gasteiger partial charge in [0.2, 0.25) is 0 Å². The first-order valence-electron chi connectivity index (χ1n) is 6.01. The van der Waals surface area contributed by atoms with E-state index in [0.717, 1.165) is 18.4 Å². The number of hydrogen-bond donors (Lipinski definition) is 3. The molecule has 3 amide bonds. The van der Waals surface area contributed by atoms with E-state index in [-0.39, 0.29) is 11.9 Å². The predicted octanol–water partition coefficient (Wildman–Crippen LogP) is 1.64. The summed E-state index contributed by atoms with van der Waals surface area (Å²) in [7, 11) is 1.58. The zero-order valence-corrected chi connectivity index (χ0v) is 10.5. The Morgan fingerprint density at radius 1 is 1.28 bits per heavy atom. The van der Waals surface area contributed by atoms with E-state index in [1.54, 1.807) is 25.2 Å². The van der Waals surface area contributed by atoms with Gasteiger partial charge in [0.25, 0.3) is 5.91 Å². The summed E-state index contributed by atoms with van der Waals surface area (Å²) in [6, 6.07) is 5.37. The molecule has 1 aromatic carbocycles. The van der Waals surface area contributed by atoms with E-state index in [2.05, 4.69) is 16.0 Å². The molecule has 0 atom stereocenters. The summed E-state index contributed by atoms with van der Waals surface area (Å²) in [5.41, 5.74) is 2.00. The Hall–Kier alpha value is -2.04. The summed E-state index contributed by atoms with van der Waals surface area (Å²) in [5, 5.41) is 8.19. The second-order valence-electron chi connectivity index (χ2n) is 4.43. The molecule has 0 saturated heterocycles. The molecule has 2 rings (SSSR count). The molecular formula is C13H17N3O2. The van der Waals surface area contributed by atoms with Crippen LogP contribution in [-0.4, -0.2) is 25.0 Å². The molecule has 96 valence electrons. The summed E-state index contributed by atoms with van der Waals surface area (Å²) in [6.45, 7) is 1.82. The van der Waals surface area contributed by atoms with Crippen molar-refractivity contribution in [1.29, 1.82) is 0 Å². The maximum absolute atomic E-state index is 11.6. The smallest absolute Gasteiger partial charge is 0.319 e. The molecule has 1 fully saturated rings. The summed E-state index contributed by atoms with van der Waals surface area (Å²) in [4.78, 5) is 23.3. The first kappa shape index (κ1) is 12.4. The predicted molar refractivity (Wildman–Crippen MR) is 69.7 cm³/mol. The summed E-state index contributed by atoms with van der Waals surface area (Å²) < 4.78 is 0. The molecule has 0 aromatic heterocycles. The largest absolute Gasteiger partial charge is 0.355 e. The van der Waals surface area contributed by atoms with Crippen molar-refractivity contribution in [3.63, 3.8) is 0 Å². The van der Waals surface area contributed by atoms with Crippen LogP contribution in [0, 0.1) is 6.92 Å². The van der Waals surface area contributed by atoms with Crippen molar-refractivity contribution < 1.29 is 9.59 Å². The molecule has 0 heterocycles. The van der Waals surface area contributed by atoms with Crippen molar-refractivity contribution in [1.82, 2.24) is 10.6 Å². The highest BCUT2D eigenvalue weighted by molar-refractivity contribution is 5.98. The highest BCUT2D eigenvalue weighted by Crippen LogP contribution is 2.21. The summed E-state index contributed by atoms with van der Waals surface area (Å²) >= 11 is 0.